The van der Waals surface area contributed by atoms with Crippen LogP contribution in [0.5, 0.6) is 5.75 Å². The highest BCUT2D eigenvalue weighted by Crippen LogP contribution is 2.35. The predicted octanol–water partition coefficient (Wildman–Crippen LogP) is 3.41. The highest BCUT2D eigenvalue weighted by atomic mass is 35.5. The molecule has 0 aliphatic carbocycles. The predicted molar refractivity (Wildman–Crippen MR) is 103 cm³/mol. The first-order chi connectivity index (χ1) is 13.3. The molecule has 10 heteroatoms. The standard InChI is InChI=1S/C18H19ClN2O6S/c1-13(15-4-2-3-5-16(15)19)27-18-7-6-14(12-17(18)21(22)23)28(24,25)20-8-10-26-11-9-20/h2-7,12-13H,8-11H2,1H3/t13-/m1/s1. The van der Waals surface area contributed by atoms with Gasteiger partial charge >= 0.3 is 5.69 Å². The quantitative estimate of drug-likeness (QED) is 0.518. The van der Waals surface area contributed by atoms with Gasteiger partial charge in [-0.1, -0.05) is 29.8 Å². The molecule has 0 aromatic heterocycles. The van der Waals surface area contributed by atoms with Crippen LogP contribution in [0.15, 0.2) is 47.4 Å². The van der Waals surface area contributed by atoms with Gasteiger partial charge in [-0.15, -0.1) is 0 Å². The second-order valence-corrected chi connectivity index (χ2v) is 8.53. The van der Waals surface area contributed by atoms with Crippen molar-refractivity contribution in [1.29, 1.82) is 0 Å². The molecule has 1 aliphatic rings. The van der Waals surface area contributed by atoms with Gasteiger partial charge in [-0.25, -0.2) is 8.42 Å². The lowest BCUT2D eigenvalue weighted by Gasteiger charge is -2.26. The molecular formula is C18H19ClN2O6S. The first-order valence-corrected chi connectivity index (χ1v) is 10.4. The van der Waals surface area contributed by atoms with E-state index in [1.165, 1.54) is 16.4 Å². The summed E-state index contributed by atoms with van der Waals surface area (Å²) in [6.45, 7) is 2.70. The van der Waals surface area contributed by atoms with Crippen LogP contribution in [0.4, 0.5) is 5.69 Å². The van der Waals surface area contributed by atoms with Crippen molar-refractivity contribution < 1.29 is 22.8 Å². The van der Waals surface area contributed by atoms with E-state index in [4.69, 9.17) is 21.1 Å². The van der Waals surface area contributed by atoms with Crippen LogP contribution < -0.4 is 4.74 Å². The molecule has 0 radical (unpaired) electrons. The van der Waals surface area contributed by atoms with Crippen molar-refractivity contribution in [2.75, 3.05) is 26.3 Å². The van der Waals surface area contributed by atoms with Crippen LogP contribution in [0.1, 0.15) is 18.6 Å². The van der Waals surface area contributed by atoms with Gasteiger partial charge in [0.05, 0.1) is 23.0 Å². The van der Waals surface area contributed by atoms with Gasteiger partial charge in [-0.05, 0) is 25.1 Å². The van der Waals surface area contributed by atoms with Crippen molar-refractivity contribution in [2.45, 2.75) is 17.9 Å². The van der Waals surface area contributed by atoms with Gasteiger partial charge < -0.3 is 9.47 Å². The fraction of sp³-hybridized carbons (Fsp3) is 0.333. The highest BCUT2D eigenvalue weighted by molar-refractivity contribution is 7.89. The van der Waals surface area contributed by atoms with Crippen LogP contribution >= 0.6 is 11.6 Å². The first-order valence-electron chi connectivity index (χ1n) is 8.58. The van der Waals surface area contributed by atoms with Crippen molar-refractivity contribution >= 4 is 27.3 Å². The Hall–Kier alpha value is -2.20. The summed E-state index contributed by atoms with van der Waals surface area (Å²) in [6.07, 6.45) is -0.561. The molecule has 0 unspecified atom stereocenters. The third kappa shape index (κ3) is 4.27. The number of sulfonamides is 1. The molecule has 0 N–H and O–H groups in total. The fourth-order valence-corrected chi connectivity index (χ4v) is 4.61. The average Bonchev–Trinajstić information content (AvgIpc) is 2.69. The zero-order valence-electron chi connectivity index (χ0n) is 15.1. The lowest BCUT2D eigenvalue weighted by atomic mass is 10.1. The molecule has 0 bridgehead atoms. The van der Waals surface area contributed by atoms with Crippen LogP contribution in [0, 0.1) is 10.1 Å². The first kappa shape index (κ1) is 20.5. The molecule has 28 heavy (non-hydrogen) atoms. The number of nitro benzene ring substituents is 1. The smallest absolute Gasteiger partial charge is 0.312 e. The van der Waals surface area contributed by atoms with Crippen molar-refractivity contribution in [3.05, 3.63) is 63.2 Å². The Bertz CT molecular complexity index is 976. The van der Waals surface area contributed by atoms with E-state index in [2.05, 4.69) is 0 Å². The SMILES string of the molecule is C[C@@H](Oc1ccc(S(=O)(=O)N2CCOCC2)cc1[N+](=O)[O-])c1ccccc1Cl. The number of hydrogen-bond acceptors (Lipinski definition) is 6. The second-order valence-electron chi connectivity index (χ2n) is 6.18. The number of ether oxygens (including phenoxy) is 2. The molecule has 1 fully saturated rings. The van der Waals surface area contributed by atoms with E-state index < -0.39 is 26.7 Å². The zero-order chi connectivity index (χ0) is 20.3. The summed E-state index contributed by atoms with van der Waals surface area (Å²) in [5, 5.41) is 12.0. The normalized spacial score (nSPS) is 16.5. The Morgan fingerprint density at radius 1 is 1.21 bits per heavy atom. The number of hydrogen-bond donors (Lipinski definition) is 0. The Labute approximate surface area is 167 Å². The topological polar surface area (TPSA) is 99.0 Å². The van der Waals surface area contributed by atoms with Crippen LogP contribution in [0.3, 0.4) is 0 Å². The summed E-state index contributed by atoms with van der Waals surface area (Å²) in [4.78, 5) is 10.7. The van der Waals surface area contributed by atoms with Gasteiger partial charge in [-0.2, -0.15) is 4.31 Å². The monoisotopic (exact) mass is 426 g/mol. The molecule has 2 aromatic carbocycles. The van der Waals surface area contributed by atoms with Gasteiger partial charge in [0.2, 0.25) is 10.0 Å². The molecule has 0 amide bonds. The molecule has 1 aliphatic heterocycles. The fourth-order valence-electron chi connectivity index (χ4n) is 2.89. The van der Waals surface area contributed by atoms with Gasteiger partial charge in [0, 0.05) is 29.7 Å². The number of halogens is 1. The van der Waals surface area contributed by atoms with E-state index >= 15 is 0 Å². The van der Waals surface area contributed by atoms with Gasteiger partial charge in [0.25, 0.3) is 0 Å². The largest absolute Gasteiger partial charge is 0.479 e. The molecule has 150 valence electrons. The Balaban J connectivity index is 1.91. The number of benzene rings is 2. The summed E-state index contributed by atoms with van der Waals surface area (Å²) in [5.41, 5.74) is 0.247. The number of nitrogens with zero attached hydrogens (tertiary/aromatic N) is 2. The van der Waals surface area contributed by atoms with Crippen LogP contribution in [0.25, 0.3) is 0 Å². The summed E-state index contributed by atoms with van der Waals surface area (Å²) < 4.78 is 37.6. The third-order valence-corrected chi connectivity index (χ3v) is 6.62. The molecule has 1 heterocycles. The minimum atomic E-state index is -3.85. The Kier molecular flexibility index (Phi) is 6.19. The molecule has 0 saturated carbocycles. The maximum absolute atomic E-state index is 12.8. The number of nitro groups is 1. The number of morpholine rings is 1. The lowest BCUT2D eigenvalue weighted by Crippen LogP contribution is -2.40. The maximum Gasteiger partial charge on any atom is 0.312 e. The molecule has 8 nitrogen and oxygen atoms in total. The van der Waals surface area contributed by atoms with E-state index in [0.717, 1.165) is 6.07 Å². The maximum atomic E-state index is 12.8. The van der Waals surface area contributed by atoms with E-state index in [-0.39, 0.29) is 36.9 Å². The van der Waals surface area contributed by atoms with E-state index in [1.54, 1.807) is 31.2 Å². The van der Waals surface area contributed by atoms with E-state index in [0.29, 0.717) is 10.6 Å². The van der Waals surface area contributed by atoms with Crippen LogP contribution in [-0.4, -0.2) is 43.9 Å². The van der Waals surface area contributed by atoms with Crippen molar-refractivity contribution in [3.63, 3.8) is 0 Å². The molecule has 0 spiro atoms. The summed E-state index contributed by atoms with van der Waals surface area (Å²) in [6, 6.07) is 10.7. The highest BCUT2D eigenvalue weighted by Gasteiger charge is 2.29. The summed E-state index contributed by atoms with van der Waals surface area (Å²) in [7, 11) is -3.85. The van der Waals surface area contributed by atoms with Crippen LogP contribution in [0.2, 0.25) is 5.02 Å². The molecule has 3 rings (SSSR count). The minimum Gasteiger partial charge on any atom is -0.479 e. The molecule has 1 atom stereocenters. The number of rotatable bonds is 6. The molecule has 1 saturated heterocycles. The third-order valence-electron chi connectivity index (χ3n) is 4.38. The van der Waals surface area contributed by atoms with E-state index in [9.17, 15) is 18.5 Å². The average molecular weight is 427 g/mol. The molecular weight excluding hydrogens is 408 g/mol. The van der Waals surface area contributed by atoms with Crippen LogP contribution in [-0.2, 0) is 14.8 Å². The summed E-state index contributed by atoms with van der Waals surface area (Å²) >= 11 is 6.15. The molecule has 2 aromatic rings. The lowest BCUT2D eigenvalue weighted by molar-refractivity contribution is -0.386. The van der Waals surface area contributed by atoms with Gasteiger partial charge in [-0.3, -0.25) is 10.1 Å². The second kappa shape index (κ2) is 8.44. The Morgan fingerprint density at radius 2 is 1.89 bits per heavy atom. The zero-order valence-corrected chi connectivity index (χ0v) is 16.6. The van der Waals surface area contributed by atoms with Crippen molar-refractivity contribution in [3.8, 4) is 5.75 Å². The van der Waals surface area contributed by atoms with Crippen molar-refractivity contribution in [1.82, 2.24) is 4.31 Å². The minimum absolute atomic E-state index is 0.0293. The van der Waals surface area contributed by atoms with E-state index in [1.807, 2.05) is 0 Å². The Morgan fingerprint density at radius 3 is 2.54 bits per heavy atom. The van der Waals surface area contributed by atoms with Gasteiger partial charge in [0.15, 0.2) is 5.75 Å². The van der Waals surface area contributed by atoms with Crippen molar-refractivity contribution in [2.24, 2.45) is 0 Å². The summed E-state index contributed by atoms with van der Waals surface area (Å²) in [5.74, 6) is -0.0293. The van der Waals surface area contributed by atoms with Gasteiger partial charge in [0.1, 0.15) is 6.10 Å².